The van der Waals surface area contributed by atoms with E-state index >= 15 is 0 Å². The van der Waals surface area contributed by atoms with E-state index in [0.29, 0.717) is 18.4 Å². The normalized spacial score (nSPS) is 12.7. The predicted octanol–water partition coefficient (Wildman–Crippen LogP) is 5.53. The van der Waals surface area contributed by atoms with Gasteiger partial charge in [-0.05, 0) is 54.7 Å². The van der Waals surface area contributed by atoms with Crippen molar-refractivity contribution in [2.24, 2.45) is 5.92 Å². The topological polar surface area (TPSA) is 31.6 Å². The summed E-state index contributed by atoms with van der Waals surface area (Å²) in [4.78, 5) is 0. The summed E-state index contributed by atoms with van der Waals surface area (Å²) in [5.41, 5.74) is 1.18. The summed E-state index contributed by atoms with van der Waals surface area (Å²) in [6, 6.07) is 9.86. The first kappa shape index (κ1) is 17.2. The summed E-state index contributed by atoms with van der Waals surface area (Å²) in [5.74, 6) is 3.54. The van der Waals surface area contributed by atoms with Crippen LogP contribution < -0.4 is 9.47 Å². The van der Waals surface area contributed by atoms with E-state index in [1.165, 1.54) is 5.56 Å². The Morgan fingerprint density at radius 1 is 1.17 bits per heavy atom. The third-order valence-corrected chi connectivity index (χ3v) is 3.80. The molecule has 0 radical (unpaired) electrons. The molecule has 3 heteroatoms. The van der Waals surface area contributed by atoms with Gasteiger partial charge < -0.3 is 13.9 Å². The first-order valence-corrected chi connectivity index (χ1v) is 8.12. The van der Waals surface area contributed by atoms with Gasteiger partial charge in [-0.3, -0.25) is 0 Å². The van der Waals surface area contributed by atoms with Crippen molar-refractivity contribution < 1.29 is 13.9 Å². The fourth-order valence-corrected chi connectivity index (χ4v) is 2.36. The molecule has 3 nitrogen and oxygen atoms in total. The highest BCUT2D eigenvalue weighted by molar-refractivity contribution is 5.43. The van der Waals surface area contributed by atoms with Crippen molar-refractivity contribution in [3.8, 4) is 11.5 Å². The number of allylic oxidation sites excluding steroid dienone is 1. The van der Waals surface area contributed by atoms with Gasteiger partial charge in [0.1, 0.15) is 17.3 Å². The Kier molecular flexibility index (Phi) is 6.33. The van der Waals surface area contributed by atoms with Gasteiger partial charge in [-0.15, -0.1) is 0 Å². The molecule has 0 saturated carbocycles. The molecule has 0 spiro atoms. The van der Waals surface area contributed by atoms with Crippen molar-refractivity contribution in [1.82, 2.24) is 0 Å². The van der Waals surface area contributed by atoms with Crippen molar-refractivity contribution >= 4 is 6.08 Å². The minimum absolute atomic E-state index is 0.406. The van der Waals surface area contributed by atoms with Crippen molar-refractivity contribution in [3.05, 3.63) is 54.0 Å². The van der Waals surface area contributed by atoms with Crippen LogP contribution in [0.25, 0.3) is 6.08 Å². The Hall–Kier alpha value is -2.16. The molecule has 0 amide bonds. The minimum atomic E-state index is 0.406. The van der Waals surface area contributed by atoms with Crippen LogP contribution in [-0.2, 0) is 0 Å². The molecule has 0 aliphatic carbocycles. The lowest BCUT2D eigenvalue weighted by Gasteiger charge is -2.14. The second-order valence-corrected chi connectivity index (χ2v) is 6.05. The maximum absolute atomic E-state index is 5.89. The van der Waals surface area contributed by atoms with E-state index in [4.69, 9.17) is 13.9 Å². The van der Waals surface area contributed by atoms with Gasteiger partial charge in [0.25, 0.3) is 0 Å². The van der Waals surface area contributed by atoms with Crippen molar-refractivity contribution in [2.45, 2.75) is 33.1 Å². The lowest BCUT2D eigenvalue weighted by atomic mass is 10.0. The Labute approximate surface area is 138 Å². The van der Waals surface area contributed by atoms with Gasteiger partial charge >= 0.3 is 0 Å². The van der Waals surface area contributed by atoms with E-state index in [1.807, 2.05) is 30.3 Å². The van der Waals surface area contributed by atoms with Crippen LogP contribution >= 0.6 is 0 Å². The lowest BCUT2D eigenvalue weighted by Crippen LogP contribution is -2.03. The maximum Gasteiger partial charge on any atom is 0.126 e. The Bertz CT molecular complexity index is 612. The summed E-state index contributed by atoms with van der Waals surface area (Å²) in [7, 11) is 1.70. The zero-order chi connectivity index (χ0) is 16.7. The van der Waals surface area contributed by atoms with E-state index in [1.54, 1.807) is 13.4 Å². The number of ether oxygens (including phenoxy) is 2. The SMILES string of the molecule is COc1ccc(OCCC(C)/C=C/c2ccco2)cc1C(C)C. The molecule has 0 bridgehead atoms. The standard InChI is InChI=1S/C20H26O3/c1-15(2)19-14-18(9-10-20(19)21-4)23-13-11-16(3)7-8-17-6-5-12-22-17/h5-10,12,14-16H,11,13H2,1-4H3/b8-7+. The summed E-state index contributed by atoms with van der Waals surface area (Å²) >= 11 is 0. The lowest BCUT2D eigenvalue weighted by molar-refractivity contribution is 0.295. The average Bonchev–Trinajstić information content (AvgIpc) is 3.06. The zero-order valence-electron chi connectivity index (χ0n) is 14.4. The molecule has 23 heavy (non-hydrogen) atoms. The molecule has 1 aromatic heterocycles. The number of hydrogen-bond acceptors (Lipinski definition) is 3. The van der Waals surface area contributed by atoms with Crippen LogP contribution in [0.4, 0.5) is 0 Å². The molecule has 0 saturated heterocycles. The highest BCUT2D eigenvalue weighted by Gasteiger charge is 2.09. The number of benzene rings is 1. The molecule has 1 aromatic carbocycles. The van der Waals surface area contributed by atoms with Gasteiger partial charge in [-0.25, -0.2) is 0 Å². The molecule has 1 heterocycles. The molecule has 0 aliphatic heterocycles. The number of furan rings is 1. The Morgan fingerprint density at radius 2 is 2.00 bits per heavy atom. The molecule has 2 rings (SSSR count). The van der Waals surface area contributed by atoms with Gasteiger partial charge in [0.15, 0.2) is 0 Å². The number of hydrogen-bond donors (Lipinski definition) is 0. The number of rotatable bonds is 8. The largest absolute Gasteiger partial charge is 0.496 e. The average molecular weight is 314 g/mol. The van der Waals surface area contributed by atoms with Gasteiger partial charge in [-0.1, -0.05) is 26.8 Å². The molecular formula is C20H26O3. The van der Waals surface area contributed by atoms with Crippen molar-refractivity contribution in [3.63, 3.8) is 0 Å². The van der Waals surface area contributed by atoms with Gasteiger partial charge in [0.05, 0.1) is 20.0 Å². The Balaban J connectivity index is 1.85. The molecule has 2 aromatic rings. The van der Waals surface area contributed by atoms with E-state index < -0.39 is 0 Å². The first-order valence-electron chi connectivity index (χ1n) is 8.12. The Morgan fingerprint density at radius 3 is 2.65 bits per heavy atom. The molecule has 0 N–H and O–H groups in total. The van der Waals surface area contributed by atoms with E-state index in [-0.39, 0.29) is 0 Å². The van der Waals surface area contributed by atoms with Crippen LogP contribution in [0.2, 0.25) is 0 Å². The molecular weight excluding hydrogens is 288 g/mol. The smallest absolute Gasteiger partial charge is 0.126 e. The van der Waals surface area contributed by atoms with Crippen molar-refractivity contribution in [1.29, 1.82) is 0 Å². The first-order chi connectivity index (χ1) is 11.1. The summed E-state index contributed by atoms with van der Waals surface area (Å²) in [5, 5.41) is 0. The zero-order valence-corrected chi connectivity index (χ0v) is 14.4. The fraction of sp³-hybridized carbons (Fsp3) is 0.400. The van der Waals surface area contributed by atoms with Crippen LogP contribution in [0, 0.1) is 5.92 Å². The second kappa shape index (κ2) is 8.47. The van der Waals surface area contributed by atoms with Crippen molar-refractivity contribution in [2.75, 3.05) is 13.7 Å². The minimum Gasteiger partial charge on any atom is -0.496 e. The van der Waals surface area contributed by atoms with Crippen LogP contribution in [-0.4, -0.2) is 13.7 Å². The van der Waals surface area contributed by atoms with Crippen LogP contribution in [0.5, 0.6) is 11.5 Å². The predicted molar refractivity (Wildman–Crippen MR) is 94.1 cm³/mol. The van der Waals surface area contributed by atoms with E-state index in [9.17, 15) is 0 Å². The summed E-state index contributed by atoms with van der Waals surface area (Å²) < 4.78 is 16.6. The van der Waals surface area contributed by atoms with Crippen LogP contribution in [0.1, 0.15) is 44.4 Å². The molecule has 1 atom stereocenters. The van der Waals surface area contributed by atoms with Crippen LogP contribution in [0.15, 0.2) is 47.1 Å². The van der Waals surface area contributed by atoms with Gasteiger partial charge in [-0.2, -0.15) is 0 Å². The molecule has 1 unspecified atom stereocenters. The fourth-order valence-electron chi connectivity index (χ4n) is 2.36. The highest BCUT2D eigenvalue weighted by Crippen LogP contribution is 2.30. The monoisotopic (exact) mass is 314 g/mol. The third-order valence-electron chi connectivity index (χ3n) is 3.80. The summed E-state index contributed by atoms with van der Waals surface area (Å²) in [6.45, 7) is 7.18. The molecule has 0 aliphatic rings. The third kappa shape index (κ3) is 5.20. The van der Waals surface area contributed by atoms with Gasteiger partial charge in [0, 0.05) is 5.56 Å². The molecule has 0 fully saturated rings. The number of methoxy groups -OCH3 is 1. The van der Waals surface area contributed by atoms with E-state index in [0.717, 1.165) is 23.7 Å². The molecule has 124 valence electrons. The van der Waals surface area contributed by atoms with E-state index in [2.05, 4.69) is 32.9 Å². The highest BCUT2D eigenvalue weighted by atomic mass is 16.5. The summed E-state index contributed by atoms with van der Waals surface area (Å²) in [6.07, 6.45) is 6.80. The van der Waals surface area contributed by atoms with Crippen LogP contribution in [0.3, 0.4) is 0 Å². The second-order valence-electron chi connectivity index (χ2n) is 6.05. The maximum atomic E-state index is 5.89. The van der Waals surface area contributed by atoms with Gasteiger partial charge in [0.2, 0.25) is 0 Å². The quantitative estimate of drug-likeness (QED) is 0.642.